The van der Waals surface area contributed by atoms with Gasteiger partial charge in [-0.25, -0.2) is 0 Å². The molecule has 118 valence electrons. The van der Waals surface area contributed by atoms with E-state index in [9.17, 15) is 0 Å². The lowest BCUT2D eigenvalue weighted by Crippen LogP contribution is -2.55. The molecule has 1 aliphatic heterocycles. The highest BCUT2D eigenvalue weighted by Gasteiger charge is 2.34. The van der Waals surface area contributed by atoms with Crippen molar-refractivity contribution in [2.24, 2.45) is 11.7 Å². The molecule has 1 saturated heterocycles. The molecule has 0 radical (unpaired) electrons. The molecule has 0 spiro atoms. The molecule has 1 aromatic rings. The number of rotatable bonds is 6. The van der Waals surface area contributed by atoms with Crippen molar-refractivity contribution in [2.75, 3.05) is 19.6 Å². The number of nitrogens with zero attached hydrogens (tertiary/aromatic N) is 1. The summed E-state index contributed by atoms with van der Waals surface area (Å²) in [5, 5.41) is 0. The number of benzene rings is 1. The first-order valence-electron chi connectivity index (χ1n) is 8.73. The van der Waals surface area contributed by atoms with Crippen LogP contribution in [0.5, 0.6) is 0 Å². The van der Waals surface area contributed by atoms with Gasteiger partial charge in [0.1, 0.15) is 0 Å². The van der Waals surface area contributed by atoms with Crippen molar-refractivity contribution in [3.05, 3.63) is 35.9 Å². The van der Waals surface area contributed by atoms with Crippen LogP contribution in [0.25, 0.3) is 0 Å². The molecule has 0 aliphatic carbocycles. The maximum atomic E-state index is 6.27. The van der Waals surface area contributed by atoms with Crippen LogP contribution in [0.2, 0.25) is 0 Å². The summed E-state index contributed by atoms with van der Waals surface area (Å²) in [5.41, 5.74) is 7.83. The smallest absolute Gasteiger partial charge is 0.0369 e. The zero-order valence-electron chi connectivity index (χ0n) is 13.9. The second kappa shape index (κ2) is 7.95. The van der Waals surface area contributed by atoms with Gasteiger partial charge in [-0.3, -0.25) is 4.90 Å². The van der Waals surface area contributed by atoms with E-state index in [-0.39, 0.29) is 5.54 Å². The Labute approximate surface area is 130 Å². The van der Waals surface area contributed by atoms with Gasteiger partial charge in [0.2, 0.25) is 0 Å². The predicted molar refractivity (Wildman–Crippen MR) is 91.4 cm³/mol. The van der Waals surface area contributed by atoms with Crippen LogP contribution in [0.3, 0.4) is 0 Å². The van der Waals surface area contributed by atoms with Gasteiger partial charge in [-0.05, 0) is 56.7 Å². The average Bonchev–Trinajstić information content (AvgIpc) is 2.79. The van der Waals surface area contributed by atoms with Crippen LogP contribution in [-0.2, 0) is 6.42 Å². The second-order valence-electron chi connectivity index (χ2n) is 6.64. The van der Waals surface area contributed by atoms with Gasteiger partial charge in [0.05, 0.1) is 0 Å². The van der Waals surface area contributed by atoms with E-state index in [2.05, 4.69) is 49.1 Å². The minimum Gasteiger partial charge on any atom is -0.329 e. The Morgan fingerprint density at radius 3 is 2.52 bits per heavy atom. The summed E-state index contributed by atoms with van der Waals surface area (Å²) in [6.45, 7) is 7.83. The van der Waals surface area contributed by atoms with Crippen LogP contribution in [0.1, 0.15) is 51.5 Å². The highest BCUT2D eigenvalue weighted by Crippen LogP contribution is 2.29. The van der Waals surface area contributed by atoms with Crippen molar-refractivity contribution in [1.82, 2.24) is 4.90 Å². The molecule has 1 aromatic carbocycles. The SMILES string of the molecule is CCC1CCCN(C(CC)(CN)Cc2ccccc2)CC1. The predicted octanol–water partition coefficient (Wildman–Crippen LogP) is 3.85. The molecule has 0 aromatic heterocycles. The van der Waals surface area contributed by atoms with Crippen LogP contribution in [0, 0.1) is 5.92 Å². The third-order valence-corrected chi connectivity index (χ3v) is 5.51. The summed E-state index contributed by atoms with van der Waals surface area (Å²) in [7, 11) is 0. The van der Waals surface area contributed by atoms with E-state index in [1.165, 1.54) is 44.3 Å². The van der Waals surface area contributed by atoms with E-state index in [0.717, 1.165) is 25.3 Å². The fraction of sp³-hybridized carbons (Fsp3) is 0.684. The molecule has 0 amide bonds. The lowest BCUT2D eigenvalue weighted by atomic mass is 9.86. The third kappa shape index (κ3) is 4.08. The summed E-state index contributed by atoms with van der Waals surface area (Å²) >= 11 is 0. The van der Waals surface area contributed by atoms with Crippen molar-refractivity contribution in [3.63, 3.8) is 0 Å². The minimum atomic E-state index is 0.143. The zero-order valence-corrected chi connectivity index (χ0v) is 13.9. The van der Waals surface area contributed by atoms with Gasteiger partial charge in [0.25, 0.3) is 0 Å². The molecule has 2 N–H and O–H groups in total. The molecular weight excluding hydrogens is 256 g/mol. The first-order valence-corrected chi connectivity index (χ1v) is 8.73. The molecule has 21 heavy (non-hydrogen) atoms. The quantitative estimate of drug-likeness (QED) is 0.861. The van der Waals surface area contributed by atoms with Gasteiger partial charge in [-0.1, -0.05) is 50.6 Å². The molecule has 2 atom stereocenters. The van der Waals surface area contributed by atoms with Crippen molar-refractivity contribution in [2.45, 2.75) is 57.9 Å². The minimum absolute atomic E-state index is 0.143. The standard InChI is InChI=1S/C19H32N2/c1-3-17-11-8-13-21(14-12-17)19(4-2,16-20)15-18-9-6-5-7-10-18/h5-7,9-10,17H,3-4,8,11-16,20H2,1-2H3. The zero-order chi connectivity index (χ0) is 15.1. The van der Waals surface area contributed by atoms with Gasteiger partial charge in [0, 0.05) is 12.1 Å². The van der Waals surface area contributed by atoms with E-state index < -0.39 is 0 Å². The third-order valence-electron chi connectivity index (χ3n) is 5.51. The summed E-state index contributed by atoms with van der Waals surface area (Å²) < 4.78 is 0. The molecule has 2 nitrogen and oxygen atoms in total. The Balaban J connectivity index is 2.13. The van der Waals surface area contributed by atoms with Gasteiger partial charge >= 0.3 is 0 Å². The van der Waals surface area contributed by atoms with Crippen molar-refractivity contribution in [1.29, 1.82) is 0 Å². The first kappa shape index (κ1) is 16.5. The fourth-order valence-electron chi connectivity index (χ4n) is 3.83. The maximum Gasteiger partial charge on any atom is 0.0369 e. The van der Waals surface area contributed by atoms with Crippen LogP contribution in [0.15, 0.2) is 30.3 Å². The molecular formula is C19H32N2. The number of hydrogen-bond donors (Lipinski definition) is 1. The summed E-state index contributed by atoms with van der Waals surface area (Å²) in [4.78, 5) is 2.70. The Morgan fingerprint density at radius 2 is 1.90 bits per heavy atom. The van der Waals surface area contributed by atoms with E-state index in [1.54, 1.807) is 0 Å². The van der Waals surface area contributed by atoms with E-state index in [0.29, 0.717) is 0 Å². The van der Waals surface area contributed by atoms with Gasteiger partial charge < -0.3 is 5.73 Å². The van der Waals surface area contributed by atoms with E-state index in [4.69, 9.17) is 5.73 Å². The Bertz CT molecular complexity index is 397. The van der Waals surface area contributed by atoms with Crippen molar-refractivity contribution in [3.8, 4) is 0 Å². The normalized spacial score (nSPS) is 23.5. The van der Waals surface area contributed by atoms with E-state index >= 15 is 0 Å². The van der Waals surface area contributed by atoms with Gasteiger partial charge in [0.15, 0.2) is 0 Å². The highest BCUT2D eigenvalue weighted by molar-refractivity contribution is 5.18. The molecule has 2 unspecified atom stereocenters. The van der Waals surface area contributed by atoms with Crippen LogP contribution >= 0.6 is 0 Å². The number of hydrogen-bond acceptors (Lipinski definition) is 2. The van der Waals surface area contributed by atoms with Crippen LogP contribution in [-0.4, -0.2) is 30.1 Å². The average molecular weight is 288 g/mol. The summed E-state index contributed by atoms with van der Waals surface area (Å²) in [5.74, 6) is 0.916. The Morgan fingerprint density at radius 1 is 1.14 bits per heavy atom. The molecule has 1 aliphatic rings. The van der Waals surface area contributed by atoms with E-state index in [1.807, 2.05) is 0 Å². The lowest BCUT2D eigenvalue weighted by molar-refractivity contribution is 0.0915. The lowest BCUT2D eigenvalue weighted by Gasteiger charge is -2.43. The molecule has 2 heteroatoms. The second-order valence-corrected chi connectivity index (χ2v) is 6.64. The summed E-state index contributed by atoms with van der Waals surface area (Å²) in [6, 6.07) is 10.9. The maximum absolute atomic E-state index is 6.27. The molecule has 1 fully saturated rings. The molecule has 0 bridgehead atoms. The highest BCUT2D eigenvalue weighted by atomic mass is 15.2. The number of nitrogens with two attached hydrogens (primary N) is 1. The van der Waals surface area contributed by atoms with Gasteiger partial charge in [-0.15, -0.1) is 0 Å². The van der Waals surface area contributed by atoms with Crippen LogP contribution < -0.4 is 5.73 Å². The van der Waals surface area contributed by atoms with Crippen LogP contribution in [0.4, 0.5) is 0 Å². The van der Waals surface area contributed by atoms with Crippen molar-refractivity contribution >= 4 is 0 Å². The number of likely N-dealkylation sites (tertiary alicyclic amines) is 1. The largest absolute Gasteiger partial charge is 0.329 e. The molecule has 0 saturated carbocycles. The summed E-state index contributed by atoms with van der Waals surface area (Å²) in [6.07, 6.45) is 7.60. The molecule has 1 heterocycles. The first-order chi connectivity index (χ1) is 10.2. The molecule has 2 rings (SSSR count). The Hall–Kier alpha value is -0.860. The topological polar surface area (TPSA) is 29.3 Å². The van der Waals surface area contributed by atoms with Crippen molar-refractivity contribution < 1.29 is 0 Å². The Kier molecular flexibility index (Phi) is 6.25. The fourth-order valence-corrected chi connectivity index (χ4v) is 3.83. The van der Waals surface area contributed by atoms with Gasteiger partial charge in [-0.2, -0.15) is 0 Å². The monoisotopic (exact) mass is 288 g/mol.